The number of hydrogen-bond acceptors (Lipinski definition) is 14. The number of aromatic hydroxyl groups is 3. The Morgan fingerprint density at radius 1 is 0.750 bits per heavy atom. The van der Waals surface area contributed by atoms with Crippen LogP contribution in [0.15, 0.2) is 39.5 Å². The molecule has 0 unspecified atom stereocenters. The van der Waals surface area contributed by atoms with Crippen LogP contribution in [0.4, 0.5) is 0 Å². The van der Waals surface area contributed by atoms with Gasteiger partial charge < -0.3 is 65.0 Å². The highest BCUT2D eigenvalue weighted by Gasteiger charge is 2.50. The smallest absolute Gasteiger partial charge is 0.197 e. The monoisotopic (exact) mass is 564 g/mol. The standard InChI is InChI=1S/C26H28O14/c27-6-10-18(31)25(36)40-23(10)17-19(32)14-11(30)5-12(8-1-3-9(29)4-2-8)38-24(14)16(20(17)33)15-13(7-28)39-26(37)22(35)21(15)34/h1-5,10,13,15,18,21-23,25-29,31-37H,6-7H2/t10-,13+,15-,18-,21-,22+,23-,25-,26+/m0/s1. The number of phenols is 3. The predicted octanol–water partition coefficient (Wildman–Crippen LogP) is -1.55. The van der Waals surface area contributed by atoms with Crippen LogP contribution in [0.1, 0.15) is 23.1 Å². The number of phenolic OH excluding ortho intramolecular Hbond substituents is 3. The zero-order valence-corrected chi connectivity index (χ0v) is 20.6. The van der Waals surface area contributed by atoms with E-state index in [0.29, 0.717) is 5.56 Å². The summed E-state index contributed by atoms with van der Waals surface area (Å²) in [6, 6.07) is 6.49. The minimum atomic E-state index is -1.94. The number of ether oxygens (including phenoxy) is 2. The van der Waals surface area contributed by atoms with Gasteiger partial charge in [-0.1, -0.05) is 0 Å². The van der Waals surface area contributed by atoms with E-state index < -0.39 is 107 Å². The van der Waals surface area contributed by atoms with Gasteiger partial charge in [-0.25, -0.2) is 0 Å². The molecule has 0 spiro atoms. The molecule has 10 N–H and O–H groups in total. The molecule has 3 aromatic rings. The van der Waals surface area contributed by atoms with Crippen LogP contribution in [-0.4, -0.2) is 101 Å². The summed E-state index contributed by atoms with van der Waals surface area (Å²) >= 11 is 0. The summed E-state index contributed by atoms with van der Waals surface area (Å²) in [4.78, 5) is 13.4. The summed E-state index contributed by atoms with van der Waals surface area (Å²) in [5.41, 5.74) is -2.02. The predicted molar refractivity (Wildman–Crippen MR) is 132 cm³/mol. The Morgan fingerprint density at radius 3 is 2.02 bits per heavy atom. The van der Waals surface area contributed by atoms with Crippen molar-refractivity contribution < 1.29 is 65.0 Å². The lowest BCUT2D eigenvalue weighted by molar-refractivity contribution is -0.260. The number of aliphatic hydroxyl groups excluding tert-OH is 7. The van der Waals surface area contributed by atoms with E-state index >= 15 is 0 Å². The minimum absolute atomic E-state index is 0.0762. The van der Waals surface area contributed by atoms with Crippen LogP contribution in [-0.2, 0) is 9.47 Å². The molecule has 2 aliphatic rings. The van der Waals surface area contributed by atoms with Crippen molar-refractivity contribution in [3.05, 3.63) is 51.7 Å². The van der Waals surface area contributed by atoms with Crippen molar-refractivity contribution in [3.8, 4) is 28.6 Å². The summed E-state index contributed by atoms with van der Waals surface area (Å²) in [5.74, 6) is -4.78. The highest BCUT2D eigenvalue weighted by Crippen LogP contribution is 2.52. The first-order valence-electron chi connectivity index (χ1n) is 12.3. The maximum Gasteiger partial charge on any atom is 0.197 e. The number of rotatable bonds is 5. The maximum absolute atomic E-state index is 13.4. The topological polar surface area (TPSA) is 251 Å². The van der Waals surface area contributed by atoms with E-state index in [0.717, 1.165) is 6.07 Å². The summed E-state index contributed by atoms with van der Waals surface area (Å²) in [5, 5.41) is 103. The van der Waals surface area contributed by atoms with Gasteiger partial charge in [-0.15, -0.1) is 0 Å². The molecule has 0 saturated carbocycles. The van der Waals surface area contributed by atoms with Gasteiger partial charge in [0.1, 0.15) is 52.3 Å². The molecule has 2 saturated heterocycles. The fourth-order valence-corrected chi connectivity index (χ4v) is 5.42. The van der Waals surface area contributed by atoms with Gasteiger partial charge in [0, 0.05) is 29.0 Å². The Labute approximate surface area is 224 Å². The normalized spacial score (nSPS) is 32.5. The first-order chi connectivity index (χ1) is 19.0. The van der Waals surface area contributed by atoms with Gasteiger partial charge in [0.05, 0.1) is 31.0 Å². The third kappa shape index (κ3) is 4.39. The van der Waals surface area contributed by atoms with Crippen LogP contribution in [0.2, 0.25) is 0 Å². The van der Waals surface area contributed by atoms with Gasteiger partial charge in [-0.2, -0.15) is 0 Å². The highest BCUT2D eigenvalue weighted by atomic mass is 16.6. The van der Waals surface area contributed by atoms with E-state index in [2.05, 4.69) is 0 Å². The van der Waals surface area contributed by atoms with Crippen molar-refractivity contribution in [3.63, 3.8) is 0 Å². The van der Waals surface area contributed by atoms with Gasteiger partial charge in [-0.3, -0.25) is 4.79 Å². The fraction of sp³-hybridized carbons (Fsp3) is 0.423. The molecule has 1 aromatic heterocycles. The third-order valence-electron chi connectivity index (χ3n) is 7.49. The van der Waals surface area contributed by atoms with Gasteiger partial charge in [0.25, 0.3) is 0 Å². The second-order valence-electron chi connectivity index (χ2n) is 9.79. The largest absolute Gasteiger partial charge is 0.508 e. The van der Waals surface area contributed by atoms with E-state index in [1.807, 2.05) is 0 Å². The molecule has 2 aromatic carbocycles. The second-order valence-corrected chi connectivity index (χ2v) is 9.79. The van der Waals surface area contributed by atoms with Gasteiger partial charge in [-0.05, 0) is 24.3 Å². The lowest BCUT2D eigenvalue weighted by Crippen LogP contribution is -2.54. The van der Waals surface area contributed by atoms with Crippen LogP contribution < -0.4 is 5.43 Å². The first kappa shape index (κ1) is 28.2. The average molecular weight is 564 g/mol. The Balaban J connectivity index is 1.85. The maximum atomic E-state index is 13.4. The lowest BCUT2D eigenvalue weighted by Gasteiger charge is -2.41. The van der Waals surface area contributed by atoms with E-state index in [4.69, 9.17) is 13.9 Å². The van der Waals surface area contributed by atoms with Crippen molar-refractivity contribution in [2.75, 3.05) is 13.2 Å². The van der Waals surface area contributed by atoms with Crippen molar-refractivity contribution >= 4 is 11.0 Å². The van der Waals surface area contributed by atoms with E-state index in [-0.39, 0.29) is 11.5 Å². The summed E-state index contributed by atoms with van der Waals surface area (Å²) in [6.45, 7) is -1.62. The number of fused-ring (bicyclic) bond motifs is 1. The molecular weight excluding hydrogens is 536 g/mol. The SMILES string of the molecule is O=c1cc(-c2ccc(O)cc2)oc2c([C@H]3[C@H](O)[C@@H](O)[C@H](O)O[C@@H]3CO)c(O)c([C@H]3O[C@H](O)[C@@H](O)[C@@H]3CO)c(O)c12. The summed E-state index contributed by atoms with van der Waals surface area (Å²) in [7, 11) is 0. The molecule has 2 aliphatic heterocycles. The number of benzene rings is 2. The summed E-state index contributed by atoms with van der Waals surface area (Å²) < 4.78 is 16.5. The molecule has 2 fully saturated rings. The first-order valence-corrected chi connectivity index (χ1v) is 12.3. The van der Waals surface area contributed by atoms with Crippen molar-refractivity contribution in [2.24, 2.45) is 5.92 Å². The van der Waals surface area contributed by atoms with Crippen LogP contribution in [0.5, 0.6) is 17.2 Å². The number of hydrogen-bond donors (Lipinski definition) is 10. The molecule has 3 heterocycles. The van der Waals surface area contributed by atoms with Crippen LogP contribution in [0.25, 0.3) is 22.3 Å². The van der Waals surface area contributed by atoms with Crippen LogP contribution in [0.3, 0.4) is 0 Å². The Morgan fingerprint density at radius 2 is 1.40 bits per heavy atom. The molecule has 0 radical (unpaired) electrons. The molecule has 40 heavy (non-hydrogen) atoms. The number of aliphatic hydroxyl groups is 7. The van der Waals surface area contributed by atoms with Crippen molar-refractivity contribution in [1.29, 1.82) is 0 Å². The highest BCUT2D eigenvalue weighted by molar-refractivity contribution is 5.92. The van der Waals surface area contributed by atoms with Gasteiger partial charge in [0.15, 0.2) is 18.0 Å². The molecule has 9 atom stereocenters. The molecule has 14 heteroatoms. The minimum Gasteiger partial charge on any atom is -0.508 e. The van der Waals surface area contributed by atoms with E-state index in [1.165, 1.54) is 24.3 Å². The van der Waals surface area contributed by atoms with E-state index in [9.17, 15) is 55.9 Å². The quantitative estimate of drug-likeness (QED) is 0.168. The summed E-state index contributed by atoms with van der Waals surface area (Å²) in [6.07, 6.45) is -12.3. The third-order valence-corrected chi connectivity index (χ3v) is 7.49. The van der Waals surface area contributed by atoms with E-state index in [1.54, 1.807) is 0 Å². The van der Waals surface area contributed by atoms with Gasteiger partial charge in [0.2, 0.25) is 0 Å². The van der Waals surface area contributed by atoms with Crippen LogP contribution in [0, 0.1) is 5.92 Å². The molecule has 0 amide bonds. The Kier molecular flexibility index (Phi) is 7.47. The molecular formula is C26H28O14. The molecule has 0 bridgehead atoms. The zero-order valence-electron chi connectivity index (χ0n) is 20.6. The Bertz CT molecular complexity index is 1450. The van der Waals surface area contributed by atoms with Gasteiger partial charge >= 0.3 is 0 Å². The zero-order chi connectivity index (χ0) is 29.0. The fourth-order valence-electron chi connectivity index (χ4n) is 5.42. The average Bonchev–Trinajstić information content (AvgIpc) is 3.20. The molecule has 0 aliphatic carbocycles. The molecule has 216 valence electrons. The van der Waals surface area contributed by atoms with Crippen LogP contribution >= 0.6 is 0 Å². The molecule has 14 nitrogen and oxygen atoms in total. The molecule has 5 rings (SSSR count). The lowest BCUT2D eigenvalue weighted by atomic mass is 9.79. The Hall–Kier alpha value is -3.31. The van der Waals surface area contributed by atoms with Crippen molar-refractivity contribution in [2.45, 2.75) is 49.0 Å². The van der Waals surface area contributed by atoms with Crippen molar-refractivity contribution in [1.82, 2.24) is 0 Å². The second kappa shape index (κ2) is 10.6.